The van der Waals surface area contributed by atoms with E-state index in [1.807, 2.05) is 0 Å². The third-order valence-corrected chi connectivity index (χ3v) is 7.26. The summed E-state index contributed by atoms with van der Waals surface area (Å²) in [6.45, 7) is -0.411. The number of anilines is 2. The topological polar surface area (TPSA) is 66.5 Å². The van der Waals surface area contributed by atoms with Gasteiger partial charge < -0.3 is 5.32 Å². The fraction of sp³-hybridized carbons (Fsp3) is 0.0500. The predicted molar refractivity (Wildman–Crippen MR) is 117 cm³/mol. The lowest BCUT2D eigenvalue weighted by atomic mass is 10.0. The van der Waals surface area contributed by atoms with E-state index in [2.05, 4.69) is 5.32 Å². The van der Waals surface area contributed by atoms with E-state index in [9.17, 15) is 13.2 Å². The molecule has 5 nitrogen and oxygen atoms in total. The van der Waals surface area contributed by atoms with Gasteiger partial charge in [0.05, 0.1) is 20.6 Å². The standard InChI is InChI=1S/C20H13Cl3N2O3S/c21-12-5-8-18-15(9-12)14-3-1-2-4-19(14)29(27,28)25(18)11-20(26)24-13-6-7-16(22)17(23)10-13/h1-10H,11H2,(H,24,26). The van der Waals surface area contributed by atoms with Gasteiger partial charge in [0, 0.05) is 21.8 Å². The molecule has 4 rings (SSSR count). The van der Waals surface area contributed by atoms with Gasteiger partial charge in [-0.05, 0) is 42.5 Å². The molecule has 9 heteroatoms. The summed E-state index contributed by atoms with van der Waals surface area (Å²) in [6.07, 6.45) is 0. The third kappa shape index (κ3) is 3.69. The highest BCUT2D eigenvalue weighted by atomic mass is 35.5. The van der Waals surface area contributed by atoms with Crippen LogP contribution in [0.1, 0.15) is 0 Å². The number of rotatable bonds is 3. The van der Waals surface area contributed by atoms with E-state index < -0.39 is 22.5 Å². The Bertz CT molecular complexity index is 1250. The van der Waals surface area contributed by atoms with E-state index in [0.29, 0.717) is 32.5 Å². The Morgan fingerprint density at radius 3 is 2.41 bits per heavy atom. The van der Waals surface area contributed by atoms with Gasteiger partial charge in [0.15, 0.2) is 0 Å². The summed E-state index contributed by atoms with van der Waals surface area (Å²) in [4.78, 5) is 12.8. The summed E-state index contributed by atoms with van der Waals surface area (Å²) < 4.78 is 27.5. The zero-order chi connectivity index (χ0) is 20.8. The van der Waals surface area contributed by atoms with Gasteiger partial charge in [0.2, 0.25) is 5.91 Å². The third-order valence-electron chi connectivity index (χ3n) is 4.46. The number of nitrogens with one attached hydrogen (secondary N) is 1. The van der Waals surface area contributed by atoms with Crippen LogP contribution in [0.2, 0.25) is 15.1 Å². The molecule has 0 bridgehead atoms. The molecule has 3 aromatic rings. The van der Waals surface area contributed by atoms with Crippen molar-refractivity contribution in [3.63, 3.8) is 0 Å². The molecule has 0 aromatic heterocycles. The molecule has 0 atom stereocenters. The van der Waals surface area contributed by atoms with Crippen molar-refractivity contribution in [1.29, 1.82) is 0 Å². The molecule has 0 saturated heterocycles. The minimum Gasteiger partial charge on any atom is -0.324 e. The van der Waals surface area contributed by atoms with Gasteiger partial charge >= 0.3 is 0 Å². The van der Waals surface area contributed by atoms with Crippen LogP contribution in [0.25, 0.3) is 11.1 Å². The molecule has 3 aromatic carbocycles. The van der Waals surface area contributed by atoms with Crippen molar-refractivity contribution >= 4 is 62.1 Å². The van der Waals surface area contributed by atoms with Crippen molar-refractivity contribution in [2.24, 2.45) is 0 Å². The molecule has 0 unspecified atom stereocenters. The maximum absolute atomic E-state index is 13.2. The molecule has 29 heavy (non-hydrogen) atoms. The van der Waals surface area contributed by atoms with Gasteiger partial charge in [0.25, 0.3) is 10.0 Å². The number of halogens is 3. The van der Waals surface area contributed by atoms with Gasteiger partial charge in [-0.25, -0.2) is 8.42 Å². The van der Waals surface area contributed by atoms with Crippen LogP contribution in [0.4, 0.5) is 11.4 Å². The lowest BCUT2D eigenvalue weighted by Crippen LogP contribution is -2.40. The normalized spacial score (nSPS) is 14.1. The van der Waals surface area contributed by atoms with Gasteiger partial charge in [-0.2, -0.15) is 0 Å². The minimum atomic E-state index is -3.93. The first-order valence-electron chi connectivity index (χ1n) is 8.44. The number of carbonyl (C=O) groups is 1. The molecule has 1 aliphatic rings. The lowest BCUT2D eigenvalue weighted by molar-refractivity contribution is -0.114. The van der Waals surface area contributed by atoms with Crippen molar-refractivity contribution in [3.8, 4) is 11.1 Å². The van der Waals surface area contributed by atoms with Crippen molar-refractivity contribution < 1.29 is 13.2 Å². The number of hydrogen-bond acceptors (Lipinski definition) is 3. The van der Waals surface area contributed by atoms with E-state index in [4.69, 9.17) is 34.8 Å². The van der Waals surface area contributed by atoms with Crippen molar-refractivity contribution in [2.75, 3.05) is 16.2 Å². The summed E-state index contributed by atoms with van der Waals surface area (Å²) in [5.74, 6) is -0.521. The molecule has 0 radical (unpaired) electrons. The highest BCUT2D eigenvalue weighted by Gasteiger charge is 2.35. The van der Waals surface area contributed by atoms with E-state index in [-0.39, 0.29) is 9.92 Å². The van der Waals surface area contributed by atoms with Crippen LogP contribution in [0.5, 0.6) is 0 Å². The molecular formula is C20H13Cl3N2O3S. The van der Waals surface area contributed by atoms with Gasteiger partial charge in [-0.1, -0.05) is 53.0 Å². The number of fused-ring (bicyclic) bond motifs is 3. The van der Waals surface area contributed by atoms with Crippen LogP contribution < -0.4 is 9.62 Å². The number of benzene rings is 3. The monoisotopic (exact) mass is 466 g/mol. The minimum absolute atomic E-state index is 0.122. The second-order valence-corrected chi connectivity index (χ2v) is 9.43. The van der Waals surface area contributed by atoms with Crippen molar-refractivity contribution in [2.45, 2.75) is 4.90 Å². The Kier molecular flexibility index (Phi) is 5.21. The fourth-order valence-electron chi connectivity index (χ4n) is 3.18. The molecule has 1 amide bonds. The van der Waals surface area contributed by atoms with Gasteiger partial charge in [-0.3, -0.25) is 9.10 Å². The highest BCUT2D eigenvalue weighted by Crippen LogP contribution is 2.43. The number of nitrogens with zero attached hydrogens (tertiary/aromatic N) is 1. The summed E-state index contributed by atoms with van der Waals surface area (Å²) in [7, 11) is -3.93. The SMILES string of the molecule is O=C(CN1c2ccc(Cl)cc2-c2ccccc2S1(=O)=O)Nc1ccc(Cl)c(Cl)c1. The quantitative estimate of drug-likeness (QED) is 0.556. The molecule has 148 valence electrons. The number of carbonyl (C=O) groups excluding carboxylic acids is 1. The zero-order valence-corrected chi connectivity index (χ0v) is 17.8. The van der Waals surface area contributed by atoms with Gasteiger partial charge in [-0.15, -0.1) is 0 Å². The van der Waals surface area contributed by atoms with Gasteiger partial charge in [0.1, 0.15) is 6.54 Å². The number of hydrogen-bond donors (Lipinski definition) is 1. The Morgan fingerprint density at radius 1 is 0.897 bits per heavy atom. The molecule has 0 aliphatic carbocycles. The fourth-order valence-corrected chi connectivity index (χ4v) is 5.30. The zero-order valence-electron chi connectivity index (χ0n) is 14.7. The second kappa shape index (κ2) is 7.54. The summed E-state index contributed by atoms with van der Waals surface area (Å²) in [5.41, 5.74) is 1.99. The first kappa shape index (κ1) is 20.0. The lowest BCUT2D eigenvalue weighted by Gasteiger charge is -2.31. The first-order valence-corrected chi connectivity index (χ1v) is 11.0. The van der Waals surface area contributed by atoms with E-state index >= 15 is 0 Å². The molecule has 1 N–H and O–H groups in total. The van der Waals surface area contributed by atoms with E-state index in [1.165, 1.54) is 12.1 Å². The molecule has 1 aliphatic heterocycles. The summed E-state index contributed by atoms with van der Waals surface area (Å²) >= 11 is 18.0. The van der Waals surface area contributed by atoms with Crippen LogP contribution in [0.3, 0.4) is 0 Å². The molecule has 1 heterocycles. The average molecular weight is 468 g/mol. The average Bonchev–Trinajstić information content (AvgIpc) is 2.68. The molecule has 0 spiro atoms. The smallest absolute Gasteiger partial charge is 0.265 e. The Morgan fingerprint density at radius 2 is 1.66 bits per heavy atom. The van der Waals surface area contributed by atoms with Crippen LogP contribution in [-0.4, -0.2) is 20.9 Å². The predicted octanol–water partition coefficient (Wildman–Crippen LogP) is 5.46. The number of amides is 1. The van der Waals surface area contributed by atoms with E-state index in [1.54, 1.807) is 48.5 Å². The number of sulfonamides is 1. The second-order valence-electron chi connectivity index (χ2n) is 6.35. The Labute approximate surface area is 182 Å². The van der Waals surface area contributed by atoms with Crippen LogP contribution in [0, 0.1) is 0 Å². The summed E-state index contributed by atoms with van der Waals surface area (Å²) in [6, 6.07) is 16.1. The Hall–Kier alpha value is -2.25. The van der Waals surface area contributed by atoms with Crippen LogP contribution in [-0.2, 0) is 14.8 Å². The van der Waals surface area contributed by atoms with Crippen molar-refractivity contribution in [3.05, 3.63) is 75.7 Å². The molecule has 0 fully saturated rings. The van der Waals surface area contributed by atoms with Crippen LogP contribution >= 0.6 is 34.8 Å². The summed E-state index contributed by atoms with van der Waals surface area (Å²) in [5, 5.41) is 3.75. The maximum Gasteiger partial charge on any atom is 0.265 e. The van der Waals surface area contributed by atoms with Crippen LogP contribution in [0.15, 0.2) is 65.6 Å². The Balaban J connectivity index is 1.72. The highest BCUT2D eigenvalue weighted by molar-refractivity contribution is 7.93. The molecule has 0 saturated carbocycles. The first-order chi connectivity index (χ1) is 13.8. The van der Waals surface area contributed by atoms with Crippen molar-refractivity contribution in [1.82, 2.24) is 0 Å². The maximum atomic E-state index is 13.2. The largest absolute Gasteiger partial charge is 0.324 e. The molecular weight excluding hydrogens is 455 g/mol. The van der Waals surface area contributed by atoms with E-state index in [0.717, 1.165) is 4.31 Å².